The first-order chi connectivity index (χ1) is 7.52. The van der Waals surface area contributed by atoms with Crippen LogP contribution in [0, 0.1) is 0 Å². The number of methoxy groups -OCH3 is 1. The molecular formula is C9H13N3O4. The highest BCUT2D eigenvalue weighted by Gasteiger charge is 2.13. The molecule has 16 heavy (non-hydrogen) atoms. The summed E-state index contributed by atoms with van der Waals surface area (Å²) in [7, 11) is 1.23. The first kappa shape index (κ1) is 12.2. The maximum atomic E-state index is 11.2. The first-order valence-corrected chi connectivity index (χ1v) is 4.70. The van der Waals surface area contributed by atoms with Crippen LogP contribution in [0.1, 0.15) is 24.5 Å². The molecule has 0 saturated carbocycles. The van der Waals surface area contributed by atoms with Crippen LogP contribution in [0.2, 0.25) is 0 Å². The standard InChI is InChI=1S/C9H13N3O4/c1-6(2)16-7(13)4-12-5-10-8(11-12)9(14)15-3/h5-6H,4H2,1-3H3. The van der Waals surface area contributed by atoms with Gasteiger partial charge in [0.2, 0.25) is 0 Å². The molecule has 0 aliphatic heterocycles. The Morgan fingerprint density at radius 3 is 2.75 bits per heavy atom. The van der Waals surface area contributed by atoms with Crippen molar-refractivity contribution in [2.24, 2.45) is 0 Å². The van der Waals surface area contributed by atoms with Crippen molar-refractivity contribution in [3.8, 4) is 0 Å². The molecule has 0 bridgehead atoms. The number of carbonyl (C=O) groups excluding carboxylic acids is 2. The summed E-state index contributed by atoms with van der Waals surface area (Å²) in [4.78, 5) is 25.9. The van der Waals surface area contributed by atoms with Crippen molar-refractivity contribution < 1.29 is 19.1 Å². The van der Waals surface area contributed by atoms with Crippen LogP contribution in [0.25, 0.3) is 0 Å². The number of ether oxygens (including phenoxy) is 2. The number of aromatic nitrogens is 3. The Labute approximate surface area is 92.4 Å². The minimum absolute atomic E-state index is 0.0812. The molecule has 1 heterocycles. The van der Waals surface area contributed by atoms with Crippen molar-refractivity contribution in [1.29, 1.82) is 0 Å². The van der Waals surface area contributed by atoms with E-state index in [1.54, 1.807) is 13.8 Å². The van der Waals surface area contributed by atoms with E-state index < -0.39 is 11.9 Å². The Hall–Kier alpha value is -1.92. The van der Waals surface area contributed by atoms with Gasteiger partial charge >= 0.3 is 11.9 Å². The largest absolute Gasteiger partial charge is 0.463 e. The van der Waals surface area contributed by atoms with Gasteiger partial charge in [-0.1, -0.05) is 0 Å². The van der Waals surface area contributed by atoms with Gasteiger partial charge in [-0.15, -0.1) is 5.10 Å². The van der Waals surface area contributed by atoms with Crippen molar-refractivity contribution in [1.82, 2.24) is 14.8 Å². The van der Waals surface area contributed by atoms with Gasteiger partial charge < -0.3 is 9.47 Å². The monoisotopic (exact) mass is 227 g/mol. The fourth-order valence-corrected chi connectivity index (χ4v) is 0.988. The highest BCUT2D eigenvalue weighted by atomic mass is 16.5. The number of rotatable bonds is 4. The molecule has 88 valence electrons. The number of hydrogen-bond acceptors (Lipinski definition) is 6. The molecule has 0 spiro atoms. The molecule has 1 rings (SSSR count). The van der Waals surface area contributed by atoms with Gasteiger partial charge in [0.25, 0.3) is 5.82 Å². The van der Waals surface area contributed by atoms with Crippen molar-refractivity contribution in [2.45, 2.75) is 26.5 Å². The quantitative estimate of drug-likeness (QED) is 0.674. The molecule has 0 atom stereocenters. The number of hydrogen-bond donors (Lipinski definition) is 0. The van der Waals surface area contributed by atoms with E-state index in [0.29, 0.717) is 0 Å². The topological polar surface area (TPSA) is 83.3 Å². The zero-order chi connectivity index (χ0) is 12.1. The number of nitrogens with zero attached hydrogens (tertiary/aromatic N) is 3. The molecule has 0 fully saturated rings. The summed E-state index contributed by atoms with van der Waals surface area (Å²) in [6.45, 7) is 3.42. The van der Waals surface area contributed by atoms with Crippen LogP contribution in [0.3, 0.4) is 0 Å². The van der Waals surface area contributed by atoms with Crippen LogP contribution in [0.4, 0.5) is 0 Å². The lowest BCUT2D eigenvalue weighted by Crippen LogP contribution is -2.18. The van der Waals surface area contributed by atoms with Gasteiger partial charge in [-0.3, -0.25) is 4.79 Å². The SMILES string of the molecule is COC(=O)c1ncn(CC(=O)OC(C)C)n1. The summed E-state index contributed by atoms with van der Waals surface area (Å²) in [5.41, 5.74) is 0. The third kappa shape index (κ3) is 3.34. The van der Waals surface area contributed by atoms with Crippen molar-refractivity contribution >= 4 is 11.9 Å². The molecule has 1 aromatic rings. The van der Waals surface area contributed by atoms with Crippen LogP contribution in [0.15, 0.2) is 6.33 Å². The Bertz CT molecular complexity index is 386. The van der Waals surface area contributed by atoms with Gasteiger partial charge in [0.05, 0.1) is 13.2 Å². The molecular weight excluding hydrogens is 214 g/mol. The first-order valence-electron chi connectivity index (χ1n) is 4.70. The van der Waals surface area contributed by atoms with E-state index >= 15 is 0 Å². The van der Waals surface area contributed by atoms with E-state index in [0.717, 1.165) is 0 Å². The van der Waals surface area contributed by atoms with Gasteiger partial charge in [0.15, 0.2) is 0 Å². The van der Waals surface area contributed by atoms with E-state index in [4.69, 9.17) is 4.74 Å². The second-order valence-corrected chi connectivity index (χ2v) is 3.30. The normalized spacial score (nSPS) is 10.2. The van der Waals surface area contributed by atoms with Crippen LogP contribution in [0.5, 0.6) is 0 Å². The summed E-state index contributed by atoms with van der Waals surface area (Å²) in [5.74, 6) is -1.16. The van der Waals surface area contributed by atoms with Crippen molar-refractivity contribution in [2.75, 3.05) is 7.11 Å². The minimum Gasteiger partial charge on any atom is -0.463 e. The summed E-state index contributed by atoms with van der Waals surface area (Å²) in [6, 6.07) is 0. The Kier molecular flexibility index (Phi) is 3.98. The lowest BCUT2D eigenvalue weighted by atomic mass is 10.5. The third-order valence-electron chi connectivity index (χ3n) is 1.56. The zero-order valence-electron chi connectivity index (χ0n) is 9.34. The van der Waals surface area contributed by atoms with Crippen molar-refractivity contribution in [3.05, 3.63) is 12.2 Å². The highest BCUT2D eigenvalue weighted by Crippen LogP contribution is 1.95. The van der Waals surface area contributed by atoms with E-state index in [2.05, 4.69) is 14.8 Å². The van der Waals surface area contributed by atoms with Crippen LogP contribution in [-0.2, 0) is 20.8 Å². The predicted octanol–water partition coefficient (Wildman–Crippen LogP) is 0.0163. The predicted molar refractivity (Wildman–Crippen MR) is 52.6 cm³/mol. The van der Waals surface area contributed by atoms with Crippen LogP contribution >= 0.6 is 0 Å². The third-order valence-corrected chi connectivity index (χ3v) is 1.56. The van der Waals surface area contributed by atoms with E-state index in [1.807, 2.05) is 0 Å². The van der Waals surface area contributed by atoms with Crippen LogP contribution < -0.4 is 0 Å². The molecule has 0 unspecified atom stereocenters. The Morgan fingerprint density at radius 1 is 1.50 bits per heavy atom. The number of esters is 2. The Balaban J connectivity index is 2.58. The van der Waals surface area contributed by atoms with Gasteiger partial charge in [0, 0.05) is 0 Å². The lowest BCUT2D eigenvalue weighted by Gasteiger charge is -2.06. The van der Waals surface area contributed by atoms with Crippen LogP contribution in [-0.4, -0.2) is 39.9 Å². The van der Waals surface area contributed by atoms with Gasteiger partial charge in [-0.25, -0.2) is 14.5 Å². The highest BCUT2D eigenvalue weighted by molar-refractivity contribution is 5.84. The second kappa shape index (κ2) is 5.24. The molecule has 0 saturated heterocycles. The molecule has 0 aliphatic rings. The van der Waals surface area contributed by atoms with Gasteiger partial charge in [0.1, 0.15) is 12.9 Å². The van der Waals surface area contributed by atoms with Gasteiger partial charge in [-0.05, 0) is 13.8 Å². The summed E-state index contributed by atoms with van der Waals surface area (Å²) < 4.78 is 10.6. The zero-order valence-corrected chi connectivity index (χ0v) is 9.34. The molecule has 0 amide bonds. The maximum Gasteiger partial charge on any atom is 0.377 e. The molecule has 7 nitrogen and oxygen atoms in total. The summed E-state index contributed by atoms with van der Waals surface area (Å²) in [5, 5.41) is 3.76. The van der Waals surface area contributed by atoms with E-state index in [1.165, 1.54) is 18.1 Å². The van der Waals surface area contributed by atoms with E-state index in [9.17, 15) is 9.59 Å². The molecule has 1 aromatic heterocycles. The Morgan fingerprint density at radius 2 is 2.19 bits per heavy atom. The lowest BCUT2D eigenvalue weighted by molar-refractivity contribution is -0.148. The summed E-state index contributed by atoms with van der Waals surface area (Å²) in [6.07, 6.45) is 1.09. The average molecular weight is 227 g/mol. The smallest absolute Gasteiger partial charge is 0.377 e. The van der Waals surface area contributed by atoms with Crippen molar-refractivity contribution in [3.63, 3.8) is 0 Å². The maximum absolute atomic E-state index is 11.2. The average Bonchev–Trinajstić information content (AvgIpc) is 2.63. The molecule has 0 aromatic carbocycles. The molecule has 0 aliphatic carbocycles. The van der Waals surface area contributed by atoms with Gasteiger partial charge in [-0.2, -0.15) is 0 Å². The summed E-state index contributed by atoms with van der Waals surface area (Å²) >= 11 is 0. The molecule has 7 heteroatoms. The number of carbonyl (C=O) groups is 2. The minimum atomic E-state index is -0.643. The van der Waals surface area contributed by atoms with E-state index in [-0.39, 0.29) is 18.5 Å². The fraction of sp³-hybridized carbons (Fsp3) is 0.556. The molecule has 0 N–H and O–H groups in total. The molecule has 0 radical (unpaired) electrons. The second-order valence-electron chi connectivity index (χ2n) is 3.30. The fourth-order valence-electron chi connectivity index (χ4n) is 0.988.